The van der Waals surface area contributed by atoms with E-state index in [1.54, 1.807) is 18.2 Å². The van der Waals surface area contributed by atoms with Gasteiger partial charge in [0.2, 0.25) is 0 Å². The summed E-state index contributed by atoms with van der Waals surface area (Å²) in [7, 11) is 0. The molecule has 1 aromatic carbocycles. The Hall–Kier alpha value is -1.77. The summed E-state index contributed by atoms with van der Waals surface area (Å²) in [4.78, 5) is 13.9. The van der Waals surface area contributed by atoms with Crippen LogP contribution in [0.5, 0.6) is 5.75 Å². The van der Waals surface area contributed by atoms with Gasteiger partial charge < -0.3 is 10.1 Å². The number of benzene rings is 1. The van der Waals surface area contributed by atoms with E-state index in [2.05, 4.69) is 4.98 Å². The number of fused-ring (bicyclic) bond motifs is 1. The van der Waals surface area contributed by atoms with Crippen LogP contribution in [-0.2, 0) is 0 Å². The molecule has 1 aromatic heterocycles. The van der Waals surface area contributed by atoms with Crippen molar-refractivity contribution in [3.63, 3.8) is 0 Å². The minimum absolute atomic E-state index is 0.0319. The lowest BCUT2D eigenvalue weighted by Gasteiger charge is -1.91. The van der Waals surface area contributed by atoms with Crippen LogP contribution in [0.4, 0.5) is 0 Å². The maximum absolute atomic E-state index is 11.0. The molecule has 0 aliphatic rings. The van der Waals surface area contributed by atoms with Gasteiger partial charge in [-0.1, -0.05) is 12.1 Å². The molecule has 0 amide bonds. The Bertz CT molecular complexity index is 471. The van der Waals surface area contributed by atoms with Crippen molar-refractivity contribution >= 4 is 16.7 Å². The fourth-order valence-electron chi connectivity index (χ4n) is 1.33. The minimum Gasteiger partial charge on any atom is -0.506 e. The monoisotopic (exact) mass is 175 g/mol. The molecular formula is C10H9NO2. The summed E-state index contributed by atoms with van der Waals surface area (Å²) in [5, 5.41) is 10.3. The highest BCUT2D eigenvalue weighted by atomic mass is 16.3. The highest BCUT2D eigenvalue weighted by molar-refractivity contribution is 5.99. The number of aromatic hydroxyl groups is 1. The first-order valence-electron chi connectivity index (χ1n) is 4.00. The van der Waals surface area contributed by atoms with Crippen LogP contribution in [0, 0.1) is 0 Å². The van der Waals surface area contributed by atoms with Gasteiger partial charge in [0, 0.05) is 12.3 Å². The Balaban J connectivity index is 2.75. The lowest BCUT2D eigenvalue weighted by Crippen LogP contribution is -1.89. The molecule has 0 radical (unpaired) electrons. The third kappa shape index (κ3) is 1.18. The SMILES string of the molecule is CC(=O)c1cc2cccc(O)c2[nH]1. The Morgan fingerprint density at radius 1 is 1.46 bits per heavy atom. The Morgan fingerprint density at radius 3 is 2.85 bits per heavy atom. The zero-order chi connectivity index (χ0) is 9.42. The number of hydrogen-bond acceptors (Lipinski definition) is 2. The largest absolute Gasteiger partial charge is 0.506 e. The maximum atomic E-state index is 11.0. The van der Waals surface area contributed by atoms with Crippen LogP contribution < -0.4 is 0 Å². The van der Waals surface area contributed by atoms with E-state index in [0.29, 0.717) is 11.2 Å². The molecule has 0 aliphatic heterocycles. The smallest absolute Gasteiger partial charge is 0.175 e. The summed E-state index contributed by atoms with van der Waals surface area (Å²) < 4.78 is 0. The highest BCUT2D eigenvalue weighted by Gasteiger charge is 2.06. The van der Waals surface area contributed by atoms with Gasteiger partial charge in [0.1, 0.15) is 5.75 Å². The summed E-state index contributed by atoms with van der Waals surface area (Å²) in [6.07, 6.45) is 0. The third-order valence-corrected chi connectivity index (χ3v) is 2.01. The molecule has 13 heavy (non-hydrogen) atoms. The van der Waals surface area contributed by atoms with Gasteiger partial charge in [-0.2, -0.15) is 0 Å². The Morgan fingerprint density at radius 2 is 2.23 bits per heavy atom. The van der Waals surface area contributed by atoms with Gasteiger partial charge in [-0.05, 0) is 12.1 Å². The number of carbonyl (C=O) groups excluding carboxylic acids is 1. The minimum atomic E-state index is -0.0319. The van der Waals surface area contributed by atoms with Crippen LogP contribution in [0.1, 0.15) is 17.4 Å². The number of hydrogen-bond donors (Lipinski definition) is 2. The fraction of sp³-hybridized carbons (Fsp3) is 0.100. The second kappa shape index (κ2) is 2.62. The van der Waals surface area contributed by atoms with Crippen molar-refractivity contribution in [2.24, 2.45) is 0 Å². The number of aromatic nitrogens is 1. The first kappa shape index (κ1) is 7.86. The van der Waals surface area contributed by atoms with Crippen molar-refractivity contribution < 1.29 is 9.90 Å². The Labute approximate surface area is 75.0 Å². The number of para-hydroxylation sites is 1. The predicted molar refractivity (Wildman–Crippen MR) is 50.0 cm³/mol. The number of nitrogens with one attached hydrogen (secondary N) is 1. The zero-order valence-electron chi connectivity index (χ0n) is 7.16. The average Bonchev–Trinajstić information content (AvgIpc) is 2.49. The molecule has 0 spiro atoms. The van der Waals surface area contributed by atoms with E-state index in [0.717, 1.165) is 5.39 Å². The van der Waals surface area contributed by atoms with Gasteiger partial charge in [-0.25, -0.2) is 0 Å². The fourth-order valence-corrected chi connectivity index (χ4v) is 1.33. The van der Waals surface area contributed by atoms with E-state index in [1.807, 2.05) is 6.07 Å². The molecule has 0 unspecified atom stereocenters. The van der Waals surface area contributed by atoms with Gasteiger partial charge in [0.15, 0.2) is 5.78 Å². The van der Waals surface area contributed by atoms with Crippen molar-refractivity contribution in [2.75, 3.05) is 0 Å². The molecule has 2 N–H and O–H groups in total. The summed E-state index contributed by atoms with van der Waals surface area (Å²) in [5.74, 6) is 0.139. The van der Waals surface area contributed by atoms with Gasteiger partial charge in [-0.3, -0.25) is 4.79 Å². The molecule has 0 atom stereocenters. The maximum Gasteiger partial charge on any atom is 0.175 e. The highest BCUT2D eigenvalue weighted by Crippen LogP contribution is 2.24. The number of aromatic amines is 1. The predicted octanol–water partition coefficient (Wildman–Crippen LogP) is 2.08. The number of ketones is 1. The lowest BCUT2D eigenvalue weighted by atomic mass is 10.2. The first-order valence-corrected chi connectivity index (χ1v) is 4.00. The first-order chi connectivity index (χ1) is 6.18. The number of carbonyl (C=O) groups is 1. The summed E-state index contributed by atoms with van der Waals surface area (Å²) in [6.45, 7) is 1.49. The molecule has 3 heteroatoms. The lowest BCUT2D eigenvalue weighted by molar-refractivity contribution is 0.101. The molecule has 3 nitrogen and oxygen atoms in total. The van der Waals surface area contributed by atoms with Crippen molar-refractivity contribution in [1.29, 1.82) is 0 Å². The van der Waals surface area contributed by atoms with Crippen molar-refractivity contribution in [3.8, 4) is 5.75 Å². The van der Waals surface area contributed by atoms with Gasteiger partial charge in [-0.15, -0.1) is 0 Å². The topological polar surface area (TPSA) is 53.1 Å². The second-order valence-corrected chi connectivity index (χ2v) is 2.98. The van der Waals surface area contributed by atoms with Crippen LogP contribution in [0.2, 0.25) is 0 Å². The van der Waals surface area contributed by atoms with Gasteiger partial charge in [0.05, 0.1) is 11.2 Å². The number of phenols is 1. The van der Waals surface area contributed by atoms with E-state index < -0.39 is 0 Å². The number of H-pyrrole nitrogens is 1. The number of phenolic OH excluding ortho intramolecular Hbond substituents is 1. The summed E-state index contributed by atoms with van der Waals surface area (Å²) in [6, 6.07) is 6.91. The Kier molecular flexibility index (Phi) is 1.59. The van der Waals surface area contributed by atoms with Gasteiger partial charge in [0.25, 0.3) is 0 Å². The normalized spacial score (nSPS) is 10.5. The average molecular weight is 175 g/mol. The molecule has 0 aliphatic carbocycles. The standard InChI is InChI=1S/C10H9NO2/c1-6(12)8-5-7-3-2-4-9(13)10(7)11-8/h2-5,11,13H,1H3. The van der Waals surface area contributed by atoms with E-state index in [1.165, 1.54) is 6.92 Å². The molecule has 2 aromatic rings. The molecule has 2 rings (SSSR count). The summed E-state index contributed by atoms with van der Waals surface area (Å²) >= 11 is 0. The molecular weight excluding hydrogens is 166 g/mol. The van der Waals surface area contributed by atoms with Crippen LogP contribution in [0.15, 0.2) is 24.3 Å². The quantitative estimate of drug-likeness (QED) is 0.652. The van der Waals surface area contributed by atoms with Crippen LogP contribution in [0.25, 0.3) is 10.9 Å². The van der Waals surface area contributed by atoms with Gasteiger partial charge >= 0.3 is 0 Å². The third-order valence-electron chi connectivity index (χ3n) is 2.01. The van der Waals surface area contributed by atoms with Crippen LogP contribution >= 0.6 is 0 Å². The summed E-state index contributed by atoms with van der Waals surface area (Å²) in [5.41, 5.74) is 1.14. The number of Topliss-reactive ketones (excluding diaryl/α,β-unsaturated/α-hetero) is 1. The molecule has 0 bridgehead atoms. The number of rotatable bonds is 1. The molecule has 0 fully saturated rings. The molecule has 0 saturated carbocycles. The van der Waals surface area contributed by atoms with Crippen molar-refractivity contribution in [2.45, 2.75) is 6.92 Å². The van der Waals surface area contributed by atoms with E-state index in [9.17, 15) is 9.90 Å². The van der Waals surface area contributed by atoms with Crippen molar-refractivity contribution in [1.82, 2.24) is 4.98 Å². The molecule has 1 heterocycles. The molecule has 66 valence electrons. The van der Waals surface area contributed by atoms with E-state index in [4.69, 9.17) is 0 Å². The van der Waals surface area contributed by atoms with Crippen molar-refractivity contribution in [3.05, 3.63) is 30.0 Å². The molecule has 0 saturated heterocycles. The van der Waals surface area contributed by atoms with E-state index >= 15 is 0 Å². The van der Waals surface area contributed by atoms with Crippen LogP contribution in [-0.4, -0.2) is 15.9 Å². The second-order valence-electron chi connectivity index (χ2n) is 2.98. The zero-order valence-corrected chi connectivity index (χ0v) is 7.16. The van der Waals surface area contributed by atoms with Crippen LogP contribution in [0.3, 0.4) is 0 Å². The van der Waals surface area contributed by atoms with E-state index in [-0.39, 0.29) is 11.5 Å².